The number of halogens is 1. The topological polar surface area (TPSA) is 35.2 Å². The van der Waals surface area contributed by atoms with Crippen molar-refractivity contribution in [1.82, 2.24) is 0 Å². The zero-order valence-electron chi connectivity index (χ0n) is 12.1. The Kier molecular flexibility index (Phi) is 3.93. The van der Waals surface area contributed by atoms with E-state index in [1.54, 1.807) is 6.07 Å². The van der Waals surface area contributed by atoms with Gasteiger partial charge in [0, 0.05) is 18.0 Å². The lowest BCUT2D eigenvalue weighted by atomic mass is 9.89. The summed E-state index contributed by atoms with van der Waals surface area (Å²) in [5.41, 5.74) is 8.26. The molecule has 0 spiro atoms. The van der Waals surface area contributed by atoms with Crippen LogP contribution in [-0.2, 0) is 0 Å². The highest BCUT2D eigenvalue weighted by Gasteiger charge is 2.27. The van der Waals surface area contributed by atoms with Crippen LogP contribution in [0.2, 0.25) is 0 Å². The minimum absolute atomic E-state index is 0.0770. The molecule has 2 nitrogen and oxygen atoms in total. The van der Waals surface area contributed by atoms with Crippen molar-refractivity contribution in [3.05, 3.63) is 65.5 Å². The summed E-state index contributed by atoms with van der Waals surface area (Å²) in [7, 11) is 0. The predicted molar refractivity (Wildman–Crippen MR) is 81.8 cm³/mol. The predicted octanol–water partition coefficient (Wildman–Crippen LogP) is 4.17. The molecule has 3 heteroatoms. The number of fused-ring (bicyclic) bond motifs is 1. The molecular formula is C18H20FNO. The van der Waals surface area contributed by atoms with E-state index in [9.17, 15) is 4.39 Å². The third-order valence-corrected chi connectivity index (χ3v) is 4.17. The van der Waals surface area contributed by atoms with Gasteiger partial charge < -0.3 is 10.5 Å². The first-order valence-corrected chi connectivity index (χ1v) is 7.40. The van der Waals surface area contributed by atoms with Crippen molar-refractivity contribution in [1.29, 1.82) is 0 Å². The van der Waals surface area contributed by atoms with Gasteiger partial charge in [-0.15, -0.1) is 0 Å². The Bertz CT molecular complexity index is 614. The lowest BCUT2D eigenvalue weighted by molar-refractivity contribution is 0.143. The van der Waals surface area contributed by atoms with Gasteiger partial charge in [-0.3, -0.25) is 0 Å². The molecule has 3 atom stereocenters. The van der Waals surface area contributed by atoms with Gasteiger partial charge in [-0.25, -0.2) is 4.39 Å². The Morgan fingerprint density at radius 2 is 2.00 bits per heavy atom. The van der Waals surface area contributed by atoms with Crippen molar-refractivity contribution in [2.24, 2.45) is 5.73 Å². The van der Waals surface area contributed by atoms with E-state index < -0.39 is 0 Å². The summed E-state index contributed by atoms with van der Waals surface area (Å²) >= 11 is 0. The summed E-state index contributed by atoms with van der Waals surface area (Å²) < 4.78 is 19.3. The largest absolute Gasteiger partial charge is 0.490 e. The van der Waals surface area contributed by atoms with E-state index in [1.165, 1.54) is 17.7 Å². The Balaban J connectivity index is 1.73. The number of benzene rings is 2. The second-order valence-corrected chi connectivity index (χ2v) is 5.81. The van der Waals surface area contributed by atoms with E-state index >= 15 is 0 Å². The molecule has 0 aromatic heterocycles. The van der Waals surface area contributed by atoms with Crippen molar-refractivity contribution >= 4 is 0 Å². The van der Waals surface area contributed by atoms with Crippen molar-refractivity contribution in [2.75, 3.05) is 0 Å². The van der Waals surface area contributed by atoms with Gasteiger partial charge in [-0.1, -0.05) is 37.3 Å². The third kappa shape index (κ3) is 3.08. The van der Waals surface area contributed by atoms with E-state index in [-0.39, 0.29) is 18.0 Å². The van der Waals surface area contributed by atoms with Gasteiger partial charge in [0.05, 0.1) is 0 Å². The van der Waals surface area contributed by atoms with Gasteiger partial charge >= 0.3 is 0 Å². The standard InChI is InChI=1S/C18H20FNO/c1-12(13-5-3-2-4-6-13)9-15-11-17(20)16-10-14(19)7-8-18(16)21-15/h2-8,10,12,15,17H,9,11,20H2,1H3/t12?,15?,17-/m1/s1. The molecule has 0 radical (unpaired) electrons. The third-order valence-electron chi connectivity index (χ3n) is 4.17. The summed E-state index contributed by atoms with van der Waals surface area (Å²) in [6.07, 6.45) is 1.72. The van der Waals surface area contributed by atoms with E-state index in [0.717, 1.165) is 24.2 Å². The molecule has 1 aliphatic rings. The molecule has 3 rings (SSSR count). The molecule has 2 unspecified atom stereocenters. The highest BCUT2D eigenvalue weighted by Crippen LogP contribution is 2.36. The second kappa shape index (κ2) is 5.86. The Labute approximate surface area is 124 Å². The zero-order valence-corrected chi connectivity index (χ0v) is 12.1. The molecular weight excluding hydrogens is 265 g/mol. The molecule has 1 heterocycles. The molecule has 0 bridgehead atoms. The lowest BCUT2D eigenvalue weighted by Gasteiger charge is -2.32. The lowest BCUT2D eigenvalue weighted by Crippen LogP contribution is -2.30. The summed E-state index contributed by atoms with van der Waals surface area (Å²) in [5, 5.41) is 0. The molecule has 2 aromatic rings. The molecule has 0 amide bonds. The van der Waals surface area contributed by atoms with E-state index in [2.05, 4.69) is 31.2 Å². The first-order valence-electron chi connectivity index (χ1n) is 7.40. The molecule has 110 valence electrons. The first kappa shape index (κ1) is 14.1. The van der Waals surface area contributed by atoms with Gasteiger partial charge in [0.2, 0.25) is 0 Å². The van der Waals surface area contributed by atoms with Crippen LogP contribution in [0.1, 0.15) is 42.9 Å². The smallest absolute Gasteiger partial charge is 0.124 e. The maximum absolute atomic E-state index is 13.3. The Morgan fingerprint density at radius 1 is 1.24 bits per heavy atom. The molecule has 2 N–H and O–H groups in total. The maximum Gasteiger partial charge on any atom is 0.124 e. The van der Waals surface area contributed by atoms with Crippen molar-refractivity contribution < 1.29 is 9.13 Å². The van der Waals surface area contributed by atoms with Crippen LogP contribution in [0, 0.1) is 5.82 Å². The van der Waals surface area contributed by atoms with Crippen molar-refractivity contribution in [2.45, 2.75) is 37.8 Å². The van der Waals surface area contributed by atoms with Crippen LogP contribution in [0.5, 0.6) is 5.75 Å². The van der Waals surface area contributed by atoms with Crippen LogP contribution in [0.3, 0.4) is 0 Å². The van der Waals surface area contributed by atoms with Crippen LogP contribution >= 0.6 is 0 Å². The minimum atomic E-state index is -0.260. The fourth-order valence-electron chi connectivity index (χ4n) is 3.01. The van der Waals surface area contributed by atoms with E-state index in [1.807, 2.05) is 6.07 Å². The second-order valence-electron chi connectivity index (χ2n) is 5.81. The molecule has 2 aromatic carbocycles. The summed E-state index contributed by atoms with van der Waals surface area (Å²) in [6, 6.07) is 14.8. The maximum atomic E-state index is 13.3. The zero-order chi connectivity index (χ0) is 14.8. The summed E-state index contributed by atoms with van der Waals surface area (Å²) in [6.45, 7) is 2.20. The number of ether oxygens (including phenoxy) is 1. The average molecular weight is 285 g/mol. The monoisotopic (exact) mass is 285 g/mol. The van der Waals surface area contributed by atoms with Crippen LogP contribution in [0.25, 0.3) is 0 Å². The van der Waals surface area contributed by atoms with Gasteiger partial charge in [0.1, 0.15) is 17.7 Å². The molecule has 0 saturated carbocycles. The SMILES string of the molecule is CC(CC1C[C@@H](N)c2cc(F)ccc2O1)c1ccccc1. The molecule has 0 aliphatic carbocycles. The number of hydrogen-bond acceptors (Lipinski definition) is 2. The van der Waals surface area contributed by atoms with Gasteiger partial charge in [0.15, 0.2) is 0 Å². The van der Waals surface area contributed by atoms with Crippen LogP contribution in [0.15, 0.2) is 48.5 Å². The van der Waals surface area contributed by atoms with Crippen LogP contribution in [-0.4, -0.2) is 6.10 Å². The number of hydrogen-bond donors (Lipinski definition) is 1. The van der Waals surface area contributed by atoms with E-state index in [0.29, 0.717) is 5.92 Å². The van der Waals surface area contributed by atoms with E-state index in [4.69, 9.17) is 10.5 Å². The first-order chi connectivity index (χ1) is 10.1. The fraction of sp³-hybridized carbons (Fsp3) is 0.333. The highest BCUT2D eigenvalue weighted by molar-refractivity contribution is 5.38. The molecule has 0 fully saturated rings. The Morgan fingerprint density at radius 3 is 2.76 bits per heavy atom. The van der Waals surface area contributed by atoms with Gasteiger partial charge in [-0.05, 0) is 36.1 Å². The average Bonchev–Trinajstić information content (AvgIpc) is 2.49. The number of rotatable bonds is 3. The molecule has 21 heavy (non-hydrogen) atoms. The quantitative estimate of drug-likeness (QED) is 0.918. The van der Waals surface area contributed by atoms with Crippen molar-refractivity contribution in [3.8, 4) is 5.75 Å². The Hall–Kier alpha value is -1.87. The number of nitrogens with two attached hydrogens (primary N) is 1. The normalized spacial score (nSPS) is 22.2. The van der Waals surface area contributed by atoms with Gasteiger partial charge in [-0.2, -0.15) is 0 Å². The fourth-order valence-corrected chi connectivity index (χ4v) is 3.01. The summed E-state index contributed by atoms with van der Waals surface area (Å²) in [4.78, 5) is 0. The summed E-state index contributed by atoms with van der Waals surface area (Å²) in [5.74, 6) is 0.870. The van der Waals surface area contributed by atoms with Crippen LogP contribution < -0.4 is 10.5 Å². The van der Waals surface area contributed by atoms with Crippen LogP contribution in [0.4, 0.5) is 4.39 Å². The highest BCUT2D eigenvalue weighted by atomic mass is 19.1. The molecule has 0 saturated heterocycles. The molecule has 1 aliphatic heterocycles. The van der Waals surface area contributed by atoms with Gasteiger partial charge in [0.25, 0.3) is 0 Å². The van der Waals surface area contributed by atoms with Crippen molar-refractivity contribution in [3.63, 3.8) is 0 Å². The minimum Gasteiger partial charge on any atom is -0.490 e.